The zero-order chi connectivity index (χ0) is 22.5. The molecule has 7 rings (SSSR count). The number of fused-ring (bicyclic) bond motifs is 5. The maximum absolute atomic E-state index is 4.89. The van der Waals surface area contributed by atoms with E-state index in [4.69, 9.17) is 9.97 Å². The molecule has 0 bridgehead atoms. The Labute approximate surface area is 203 Å². The molecule has 1 aromatic carbocycles. The molecule has 2 aliphatic carbocycles. The van der Waals surface area contributed by atoms with Gasteiger partial charge in [-0.2, -0.15) is 0 Å². The van der Waals surface area contributed by atoms with Crippen molar-refractivity contribution >= 4 is 33.2 Å². The van der Waals surface area contributed by atoms with Crippen LogP contribution in [0.3, 0.4) is 0 Å². The van der Waals surface area contributed by atoms with E-state index >= 15 is 0 Å². The second-order valence-electron chi connectivity index (χ2n) is 11.6. The van der Waals surface area contributed by atoms with Gasteiger partial charge in [-0.15, -0.1) is 0 Å². The summed E-state index contributed by atoms with van der Waals surface area (Å²) in [6.45, 7) is 4.79. The molecule has 2 saturated carbocycles. The Hall–Kier alpha value is -2.36. The first-order valence-electron chi connectivity index (χ1n) is 14.0. The lowest BCUT2D eigenvalue weighted by Crippen LogP contribution is -2.42. The smallest absolute Gasteiger partial charge is 0.0986 e. The molecule has 4 aliphatic rings. The van der Waals surface area contributed by atoms with Crippen molar-refractivity contribution in [1.29, 1.82) is 0 Å². The fraction of sp³-hybridized carbons (Fsp3) is 0.600. The van der Waals surface area contributed by atoms with E-state index < -0.39 is 0 Å². The Morgan fingerprint density at radius 2 is 0.971 bits per heavy atom. The molecule has 2 saturated heterocycles. The standard InChI is InChI=1S/C30H38N4/c1-3-7-23-19-33(17-13-21(23)5-1)27-11-15-31-29-25(27)9-10-26-28(12-16-32-30(26)29)34-18-14-22-6-2-4-8-24(22)20-34/h9-12,15-16,21-24H,1-8,13-14,17-20H2. The fourth-order valence-electron chi connectivity index (χ4n) is 7.99. The number of rotatable bonds is 2. The largest absolute Gasteiger partial charge is 0.371 e. The van der Waals surface area contributed by atoms with Gasteiger partial charge in [0.15, 0.2) is 0 Å². The van der Waals surface area contributed by atoms with Gasteiger partial charge >= 0.3 is 0 Å². The molecule has 4 atom stereocenters. The molecule has 2 aliphatic heterocycles. The van der Waals surface area contributed by atoms with Crippen LogP contribution in [-0.2, 0) is 0 Å². The van der Waals surface area contributed by atoms with Crippen molar-refractivity contribution in [2.45, 2.75) is 64.2 Å². The maximum Gasteiger partial charge on any atom is 0.0986 e. The number of aromatic nitrogens is 2. The number of hydrogen-bond acceptors (Lipinski definition) is 4. The van der Waals surface area contributed by atoms with Crippen molar-refractivity contribution in [3.8, 4) is 0 Å². The SMILES string of the molecule is c1cc(N2CCC3CCCCC3C2)c2ccc3c(N4CCC5CCCCC5C4)ccnc3c2n1. The Kier molecular flexibility index (Phi) is 5.36. The molecule has 3 aromatic rings. The van der Waals surface area contributed by atoms with Crippen molar-refractivity contribution in [1.82, 2.24) is 9.97 Å². The van der Waals surface area contributed by atoms with Crippen LogP contribution in [0.15, 0.2) is 36.7 Å². The summed E-state index contributed by atoms with van der Waals surface area (Å²) in [7, 11) is 0. The van der Waals surface area contributed by atoms with Crippen molar-refractivity contribution in [2.75, 3.05) is 36.0 Å². The summed E-state index contributed by atoms with van der Waals surface area (Å²) < 4.78 is 0. The molecular weight excluding hydrogens is 416 g/mol. The lowest BCUT2D eigenvalue weighted by atomic mass is 9.75. The Balaban J connectivity index is 1.24. The molecule has 4 heterocycles. The summed E-state index contributed by atoms with van der Waals surface area (Å²) >= 11 is 0. The Morgan fingerprint density at radius 3 is 1.44 bits per heavy atom. The highest BCUT2D eigenvalue weighted by molar-refractivity contribution is 6.10. The summed E-state index contributed by atoms with van der Waals surface area (Å²) in [5.74, 6) is 3.66. The van der Waals surface area contributed by atoms with Gasteiger partial charge in [0.25, 0.3) is 0 Å². The molecular formula is C30H38N4. The van der Waals surface area contributed by atoms with Crippen molar-refractivity contribution < 1.29 is 0 Å². The second kappa shape index (κ2) is 8.70. The van der Waals surface area contributed by atoms with Crippen molar-refractivity contribution in [3.63, 3.8) is 0 Å². The van der Waals surface area contributed by atoms with Crippen LogP contribution in [0.5, 0.6) is 0 Å². The number of piperidine rings is 2. The van der Waals surface area contributed by atoms with E-state index in [0.29, 0.717) is 0 Å². The van der Waals surface area contributed by atoms with E-state index in [-0.39, 0.29) is 0 Å². The monoisotopic (exact) mass is 454 g/mol. The first-order chi connectivity index (χ1) is 16.8. The predicted molar refractivity (Wildman–Crippen MR) is 142 cm³/mol. The lowest BCUT2D eigenvalue weighted by Gasteiger charge is -2.43. The summed E-state index contributed by atoms with van der Waals surface area (Å²) in [5, 5.41) is 2.56. The van der Waals surface area contributed by atoms with E-state index in [0.717, 1.165) is 34.7 Å². The highest BCUT2D eigenvalue weighted by atomic mass is 15.2. The van der Waals surface area contributed by atoms with E-state index in [2.05, 4.69) is 34.1 Å². The molecule has 4 unspecified atom stereocenters. The fourth-order valence-corrected chi connectivity index (χ4v) is 7.99. The van der Waals surface area contributed by atoms with E-state index in [9.17, 15) is 0 Å². The molecule has 2 aromatic heterocycles. The van der Waals surface area contributed by atoms with Gasteiger partial charge in [-0.05, 0) is 73.6 Å². The molecule has 0 N–H and O–H groups in total. The average Bonchev–Trinajstić information content (AvgIpc) is 2.91. The highest BCUT2D eigenvalue weighted by Gasteiger charge is 2.33. The van der Waals surface area contributed by atoms with E-state index in [1.165, 1.54) is 113 Å². The minimum absolute atomic E-state index is 0.874. The van der Waals surface area contributed by atoms with E-state index in [1.807, 2.05) is 12.4 Å². The van der Waals surface area contributed by atoms with Gasteiger partial charge in [-0.25, -0.2) is 0 Å². The first kappa shape index (κ1) is 21.0. The van der Waals surface area contributed by atoms with Gasteiger partial charge in [0, 0.05) is 60.7 Å². The number of hydrogen-bond donors (Lipinski definition) is 0. The van der Waals surface area contributed by atoms with Crippen LogP contribution in [0.4, 0.5) is 11.4 Å². The number of pyridine rings is 2. The number of benzene rings is 1. The Bertz CT molecular complexity index is 1100. The Morgan fingerprint density at radius 1 is 0.529 bits per heavy atom. The molecule has 178 valence electrons. The van der Waals surface area contributed by atoms with Crippen LogP contribution in [0.25, 0.3) is 21.8 Å². The van der Waals surface area contributed by atoms with Gasteiger partial charge in [0.2, 0.25) is 0 Å². The molecule has 0 radical (unpaired) electrons. The maximum atomic E-state index is 4.89. The zero-order valence-electron chi connectivity index (χ0n) is 20.5. The van der Waals surface area contributed by atoms with Crippen molar-refractivity contribution in [2.24, 2.45) is 23.7 Å². The molecule has 34 heavy (non-hydrogen) atoms. The van der Waals surface area contributed by atoms with E-state index in [1.54, 1.807) is 0 Å². The topological polar surface area (TPSA) is 32.3 Å². The van der Waals surface area contributed by atoms with Gasteiger partial charge in [-0.1, -0.05) is 38.5 Å². The molecule has 0 amide bonds. The number of nitrogens with zero attached hydrogens (tertiary/aromatic N) is 4. The summed E-state index contributed by atoms with van der Waals surface area (Å²) in [6.07, 6.45) is 18.2. The van der Waals surface area contributed by atoms with Gasteiger partial charge in [0.1, 0.15) is 0 Å². The third-order valence-corrected chi connectivity index (χ3v) is 9.84. The van der Waals surface area contributed by atoms with Gasteiger partial charge < -0.3 is 9.80 Å². The lowest BCUT2D eigenvalue weighted by molar-refractivity contribution is 0.202. The highest BCUT2D eigenvalue weighted by Crippen LogP contribution is 2.42. The normalized spacial score (nSPS) is 29.8. The molecule has 4 nitrogen and oxygen atoms in total. The van der Waals surface area contributed by atoms with Crippen LogP contribution >= 0.6 is 0 Å². The first-order valence-corrected chi connectivity index (χ1v) is 14.0. The number of anilines is 2. The molecule has 0 spiro atoms. The summed E-state index contributed by atoms with van der Waals surface area (Å²) in [4.78, 5) is 15.1. The van der Waals surface area contributed by atoms with Crippen molar-refractivity contribution in [3.05, 3.63) is 36.7 Å². The van der Waals surface area contributed by atoms with Gasteiger partial charge in [-0.3, -0.25) is 9.97 Å². The third kappa shape index (κ3) is 3.56. The van der Waals surface area contributed by atoms with Crippen LogP contribution in [0.2, 0.25) is 0 Å². The second-order valence-corrected chi connectivity index (χ2v) is 11.6. The summed E-state index contributed by atoms with van der Waals surface area (Å²) in [5.41, 5.74) is 4.89. The molecule has 4 heteroatoms. The zero-order valence-corrected chi connectivity index (χ0v) is 20.5. The summed E-state index contributed by atoms with van der Waals surface area (Å²) in [6, 6.07) is 9.17. The average molecular weight is 455 g/mol. The minimum atomic E-state index is 0.874. The van der Waals surface area contributed by atoms with Crippen LogP contribution in [-0.4, -0.2) is 36.1 Å². The van der Waals surface area contributed by atoms with Crippen LogP contribution in [0.1, 0.15) is 64.2 Å². The minimum Gasteiger partial charge on any atom is -0.371 e. The van der Waals surface area contributed by atoms with Crippen LogP contribution < -0.4 is 9.80 Å². The van der Waals surface area contributed by atoms with Crippen LogP contribution in [0, 0.1) is 23.7 Å². The predicted octanol–water partition coefficient (Wildman–Crippen LogP) is 6.82. The third-order valence-electron chi connectivity index (χ3n) is 9.84. The van der Waals surface area contributed by atoms with Gasteiger partial charge in [0.05, 0.1) is 11.0 Å². The quantitative estimate of drug-likeness (QED) is 0.398. The molecule has 4 fully saturated rings.